The Hall–Kier alpha value is -1.39. The molecule has 0 atom stereocenters. The molecule has 0 unspecified atom stereocenters. The highest BCUT2D eigenvalue weighted by Gasteiger charge is 2.05. The van der Waals surface area contributed by atoms with Crippen LogP contribution in [0.5, 0.6) is 0 Å². The number of pyridine rings is 1. The van der Waals surface area contributed by atoms with Gasteiger partial charge < -0.3 is 5.32 Å². The van der Waals surface area contributed by atoms with E-state index < -0.39 is 0 Å². The molecule has 0 saturated heterocycles. The number of rotatable bonds is 5. The van der Waals surface area contributed by atoms with Gasteiger partial charge in [0.15, 0.2) is 5.82 Å². The number of hydrogen-bond donors (Lipinski definition) is 1. The van der Waals surface area contributed by atoms with Gasteiger partial charge in [-0.3, -0.25) is 0 Å². The van der Waals surface area contributed by atoms with Crippen LogP contribution >= 0.6 is 11.6 Å². The Morgan fingerprint density at radius 3 is 2.83 bits per heavy atom. The predicted molar refractivity (Wildman–Crippen MR) is 73.1 cm³/mol. The number of aromatic nitrogens is 3. The molecular formula is C13H17ClN4. The SMILES string of the molecule is CCCNCc1cnc(-n2cc(Cl)cn2)c(C)c1. The van der Waals surface area contributed by atoms with E-state index in [9.17, 15) is 0 Å². The molecule has 0 aliphatic heterocycles. The van der Waals surface area contributed by atoms with Crippen LogP contribution in [0.15, 0.2) is 24.7 Å². The van der Waals surface area contributed by atoms with Crippen molar-refractivity contribution in [2.24, 2.45) is 0 Å². The third-order valence-corrected chi connectivity index (χ3v) is 2.83. The molecule has 2 aromatic rings. The number of aryl methyl sites for hydroxylation is 1. The van der Waals surface area contributed by atoms with Crippen molar-refractivity contribution in [3.8, 4) is 5.82 Å². The average Bonchev–Trinajstić information content (AvgIpc) is 2.76. The molecule has 5 heteroatoms. The van der Waals surface area contributed by atoms with E-state index in [0.717, 1.165) is 30.9 Å². The van der Waals surface area contributed by atoms with Crippen LogP contribution < -0.4 is 5.32 Å². The van der Waals surface area contributed by atoms with E-state index in [1.807, 2.05) is 13.1 Å². The molecule has 0 bridgehead atoms. The van der Waals surface area contributed by atoms with Crippen molar-refractivity contribution in [1.82, 2.24) is 20.1 Å². The molecule has 4 nitrogen and oxygen atoms in total. The highest BCUT2D eigenvalue weighted by molar-refractivity contribution is 6.30. The van der Waals surface area contributed by atoms with Gasteiger partial charge in [0, 0.05) is 12.7 Å². The number of nitrogens with zero attached hydrogens (tertiary/aromatic N) is 3. The summed E-state index contributed by atoms with van der Waals surface area (Å²) in [5, 5.41) is 8.13. The lowest BCUT2D eigenvalue weighted by Gasteiger charge is -2.08. The molecular weight excluding hydrogens is 248 g/mol. The minimum Gasteiger partial charge on any atom is -0.313 e. The van der Waals surface area contributed by atoms with E-state index in [1.165, 1.54) is 5.56 Å². The zero-order valence-electron chi connectivity index (χ0n) is 10.7. The Kier molecular flexibility index (Phi) is 4.33. The largest absolute Gasteiger partial charge is 0.313 e. The first-order chi connectivity index (χ1) is 8.70. The van der Waals surface area contributed by atoms with Gasteiger partial charge in [0.2, 0.25) is 0 Å². The minimum atomic E-state index is 0.616. The monoisotopic (exact) mass is 264 g/mol. The van der Waals surface area contributed by atoms with Crippen LogP contribution in [0.25, 0.3) is 5.82 Å². The maximum absolute atomic E-state index is 5.86. The smallest absolute Gasteiger partial charge is 0.156 e. The first-order valence-corrected chi connectivity index (χ1v) is 6.45. The normalized spacial score (nSPS) is 10.8. The fourth-order valence-corrected chi connectivity index (χ4v) is 1.92. The summed E-state index contributed by atoms with van der Waals surface area (Å²) in [6, 6.07) is 2.13. The lowest BCUT2D eigenvalue weighted by molar-refractivity contribution is 0.672. The summed E-state index contributed by atoms with van der Waals surface area (Å²) in [7, 11) is 0. The third kappa shape index (κ3) is 3.09. The molecule has 0 aromatic carbocycles. The fourth-order valence-electron chi connectivity index (χ4n) is 1.79. The van der Waals surface area contributed by atoms with Crippen molar-refractivity contribution in [2.75, 3.05) is 6.54 Å². The summed E-state index contributed by atoms with van der Waals surface area (Å²) in [5.41, 5.74) is 2.27. The van der Waals surface area contributed by atoms with Gasteiger partial charge in [0.25, 0.3) is 0 Å². The highest BCUT2D eigenvalue weighted by Crippen LogP contribution is 2.14. The average molecular weight is 265 g/mol. The van der Waals surface area contributed by atoms with Gasteiger partial charge in [-0.25, -0.2) is 9.67 Å². The van der Waals surface area contributed by atoms with Crippen molar-refractivity contribution < 1.29 is 0 Å². The van der Waals surface area contributed by atoms with Crippen molar-refractivity contribution in [1.29, 1.82) is 0 Å². The summed E-state index contributed by atoms with van der Waals surface area (Å²) in [6.07, 6.45) is 6.38. The molecule has 0 saturated carbocycles. The van der Waals surface area contributed by atoms with Crippen molar-refractivity contribution in [3.63, 3.8) is 0 Å². The maximum Gasteiger partial charge on any atom is 0.156 e. The molecule has 0 aliphatic rings. The van der Waals surface area contributed by atoms with Crippen LogP contribution in [0, 0.1) is 6.92 Å². The molecule has 18 heavy (non-hydrogen) atoms. The van der Waals surface area contributed by atoms with E-state index in [4.69, 9.17) is 11.6 Å². The summed E-state index contributed by atoms with van der Waals surface area (Å²) >= 11 is 5.86. The topological polar surface area (TPSA) is 42.7 Å². The quantitative estimate of drug-likeness (QED) is 0.845. The molecule has 0 amide bonds. The molecule has 0 radical (unpaired) electrons. The first kappa shape index (κ1) is 13.1. The van der Waals surface area contributed by atoms with Gasteiger partial charge in [0.05, 0.1) is 17.4 Å². The molecule has 0 fully saturated rings. The zero-order chi connectivity index (χ0) is 13.0. The van der Waals surface area contributed by atoms with E-state index in [0.29, 0.717) is 5.02 Å². The van der Waals surface area contributed by atoms with Crippen molar-refractivity contribution >= 4 is 11.6 Å². The second-order valence-corrected chi connectivity index (χ2v) is 4.70. The van der Waals surface area contributed by atoms with Crippen LogP contribution in [0.1, 0.15) is 24.5 Å². The van der Waals surface area contributed by atoms with Gasteiger partial charge in [-0.1, -0.05) is 18.5 Å². The maximum atomic E-state index is 5.86. The molecule has 0 aliphatic carbocycles. The van der Waals surface area contributed by atoms with Gasteiger partial charge in [-0.2, -0.15) is 5.10 Å². The Morgan fingerprint density at radius 2 is 2.22 bits per heavy atom. The van der Waals surface area contributed by atoms with E-state index >= 15 is 0 Å². The van der Waals surface area contributed by atoms with Crippen molar-refractivity contribution in [3.05, 3.63) is 40.8 Å². The summed E-state index contributed by atoms with van der Waals surface area (Å²) in [4.78, 5) is 4.44. The standard InChI is InChI=1S/C13H17ClN4/c1-3-4-15-6-11-5-10(2)13(16-7-11)18-9-12(14)8-17-18/h5,7-9,15H,3-4,6H2,1-2H3. The van der Waals surface area contributed by atoms with Gasteiger partial charge in [-0.15, -0.1) is 0 Å². The second-order valence-electron chi connectivity index (χ2n) is 4.26. The van der Waals surface area contributed by atoms with E-state index in [2.05, 4.69) is 28.4 Å². The van der Waals surface area contributed by atoms with E-state index in [-0.39, 0.29) is 0 Å². The van der Waals surface area contributed by atoms with Crippen LogP contribution in [-0.4, -0.2) is 21.3 Å². The second kappa shape index (κ2) is 5.98. The number of nitrogens with one attached hydrogen (secondary N) is 1. The van der Waals surface area contributed by atoms with E-state index in [1.54, 1.807) is 17.1 Å². The summed E-state index contributed by atoms with van der Waals surface area (Å²) < 4.78 is 1.70. The molecule has 2 aromatic heterocycles. The Morgan fingerprint density at radius 1 is 1.39 bits per heavy atom. The van der Waals surface area contributed by atoms with Gasteiger partial charge in [0.1, 0.15) is 0 Å². The molecule has 96 valence electrons. The van der Waals surface area contributed by atoms with Crippen LogP contribution in [-0.2, 0) is 6.54 Å². The molecule has 2 heterocycles. The van der Waals surface area contributed by atoms with Crippen molar-refractivity contribution in [2.45, 2.75) is 26.8 Å². The predicted octanol–water partition coefficient (Wildman–Crippen LogP) is 2.73. The van der Waals surface area contributed by atoms with Crippen LogP contribution in [0.2, 0.25) is 5.02 Å². The van der Waals surface area contributed by atoms with Crippen LogP contribution in [0.3, 0.4) is 0 Å². The molecule has 2 rings (SSSR count). The molecule has 0 spiro atoms. The number of halogens is 1. The Balaban J connectivity index is 2.15. The molecule has 1 N–H and O–H groups in total. The Labute approximate surface area is 112 Å². The lowest BCUT2D eigenvalue weighted by atomic mass is 10.2. The lowest BCUT2D eigenvalue weighted by Crippen LogP contribution is -2.14. The first-order valence-electron chi connectivity index (χ1n) is 6.07. The van der Waals surface area contributed by atoms with Gasteiger partial charge >= 0.3 is 0 Å². The van der Waals surface area contributed by atoms with Crippen LogP contribution in [0.4, 0.5) is 0 Å². The summed E-state index contributed by atoms with van der Waals surface area (Å²) in [6.45, 7) is 6.06. The Bertz CT molecular complexity index is 521. The van der Waals surface area contributed by atoms with Gasteiger partial charge in [-0.05, 0) is 37.1 Å². The number of hydrogen-bond acceptors (Lipinski definition) is 3. The zero-order valence-corrected chi connectivity index (χ0v) is 11.4. The fraction of sp³-hybridized carbons (Fsp3) is 0.385. The minimum absolute atomic E-state index is 0.616. The summed E-state index contributed by atoms with van der Waals surface area (Å²) in [5.74, 6) is 0.821. The third-order valence-electron chi connectivity index (χ3n) is 2.63. The highest BCUT2D eigenvalue weighted by atomic mass is 35.5.